The molecule has 28 heavy (non-hydrogen) atoms. The molecule has 158 valence electrons. The van der Waals surface area contributed by atoms with E-state index in [0.717, 1.165) is 16.8 Å². The van der Waals surface area contributed by atoms with Crippen molar-refractivity contribution in [3.8, 4) is 0 Å². The second-order valence-corrected chi connectivity index (χ2v) is 6.59. The summed E-state index contributed by atoms with van der Waals surface area (Å²) in [4.78, 5) is 25.0. The Morgan fingerprint density at radius 3 is 2.29 bits per heavy atom. The molecule has 3 rings (SSSR count). The molecule has 0 bridgehead atoms. The van der Waals surface area contributed by atoms with Gasteiger partial charge < -0.3 is 44.8 Å². The van der Waals surface area contributed by atoms with Gasteiger partial charge in [0.15, 0.2) is 12.5 Å². The third-order valence-electron chi connectivity index (χ3n) is 4.74. The van der Waals surface area contributed by atoms with Gasteiger partial charge in [0.05, 0.1) is 13.2 Å². The molecule has 1 aromatic rings. The lowest BCUT2D eigenvalue weighted by Crippen LogP contribution is -2.59. The molecule has 7 N–H and O–H groups in total. The van der Waals surface area contributed by atoms with E-state index in [2.05, 4.69) is 0 Å². The molecule has 0 saturated carbocycles. The first kappa shape index (κ1) is 21.0. The Morgan fingerprint density at radius 2 is 1.64 bits per heavy atom. The second kappa shape index (κ2) is 8.36. The van der Waals surface area contributed by atoms with Crippen LogP contribution in [0.2, 0.25) is 0 Å². The zero-order valence-electron chi connectivity index (χ0n) is 14.4. The highest BCUT2D eigenvalue weighted by Crippen LogP contribution is 2.29. The van der Waals surface area contributed by atoms with Crippen LogP contribution in [0.5, 0.6) is 0 Å². The highest BCUT2D eigenvalue weighted by Gasteiger charge is 2.47. The maximum atomic E-state index is 11.8. The minimum absolute atomic E-state index is 0.421. The van der Waals surface area contributed by atoms with Gasteiger partial charge in [0.2, 0.25) is 0 Å². The second-order valence-electron chi connectivity index (χ2n) is 6.59. The van der Waals surface area contributed by atoms with E-state index in [1.807, 2.05) is 4.98 Å². The Bertz CT molecular complexity index is 780. The lowest BCUT2D eigenvalue weighted by atomic mass is 9.99. The van der Waals surface area contributed by atoms with E-state index in [-0.39, 0.29) is 0 Å². The van der Waals surface area contributed by atoms with Crippen LogP contribution < -0.4 is 11.2 Å². The van der Waals surface area contributed by atoms with Gasteiger partial charge in [-0.2, -0.15) is 0 Å². The standard InChI is InChI=1S/C15H22N2O11/c18-3-5-8(20)10(22)12(24)14(28-5)26-4-6-9(21)11(23)13(27-6)17-2-1-7(19)16-15(17)25/h1-2,5-6,8-14,18,20-24H,3-4H2,(H,16,19,25)/t5?,6-,8?,9-,10?,11-,12?,13-,14-/m1/s1. The number of aromatic nitrogens is 2. The highest BCUT2D eigenvalue weighted by molar-refractivity contribution is 4.94. The maximum absolute atomic E-state index is 11.8. The van der Waals surface area contributed by atoms with Crippen LogP contribution in [0.1, 0.15) is 6.23 Å². The molecule has 2 aliphatic heterocycles. The predicted molar refractivity (Wildman–Crippen MR) is 87.0 cm³/mol. The molecule has 0 aliphatic carbocycles. The van der Waals surface area contributed by atoms with E-state index in [0.29, 0.717) is 0 Å². The number of rotatable bonds is 5. The van der Waals surface area contributed by atoms with Crippen molar-refractivity contribution in [3.63, 3.8) is 0 Å². The lowest BCUT2D eigenvalue weighted by molar-refractivity contribution is -0.306. The van der Waals surface area contributed by atoms with Gasteiger partial charge in [0, 0.05) is 12.3 Å². The third-order valence-corrected chi connectivity index (χ3v) is 4.74. The summed E-state index contributed by atoms with van der Waals surface area (Å²) in [7, 11) is 0. The van der Waals surface area contributed by atoms with E-state index in [1.165, 1.54) is 0 Å². The fourth-order valence-electron chi connectivity index (χ4n) is 3.12. The molecule has 9 atom stereocenters. The van der Waals surface area contributed by atoms with E-state index in [9.17, 15) is 35.1 Å². The molecule has 4 unspecified atom stereocenters. The predicted octanol–water partition coefficient (Wildman–Crippen LogP) is -5.03. The first-order valence-electron chi connectivity index (χ1n) is 8.49. The Labute approximate surface area is 157 Å². The molecular weight excluding hydrogens is 384 g/mol. The van der Waals surface area contributed by atoms with Crippen molar-refractivity contribution < 1.29 is 44.8 Å². The smallest absolute Gasteiger partial charge is 0.330 e. The fraction of sp³-hybridized carbons (Fsp3) is 0.733. The van der Waals surface area contributed by atoms with Gasteiger partial charge in [0.1, 0.15) is 42.7 Å². The third kappa shape index (κ3) is 3.89. The van der Waals surface area contributed by atoms with Gasteiger partial charge in [-0.15, -0.1) is 0 Å². The van der Waals surface area contributed by atoms with Crippen molar-refractivity contribution >= 4 is 0 Å². The summed E-state index contributed by atoms with van der Waals surface area (Å²) in [6, 6.07) is 1.04. The number of H-pyrrole nitrogens is 1. The van der Waals surface area contributed by atoms with Crippen molar-refractivity contribution in [1.29, 1.82) is 0 Å². The summed E-state index contributed by atoms with van der Waals surface area (Å²) >= 11 is 0. The maximum Gasteiger partial charge on any atom is 0.330 e. The van der Waals surface area contributed by atoms with Crippen LogP contribution in [0.15, 0.2) is 21.9 Å². The van der Waals surface area contributed by atoms with Gasteiger partial charge in [-0.25, -0.2) is 4.79 Å². The average Bonchev–Trinajstić information content (AvgIpc) is 2.94. The number of hydrogen-bond acceptors (Lipinski definition) is 11. The summed E-state index contributed by atoms with van der Waals surface area (Å²) in [5.41, 5.74) is -1.49. The molecule has 0 radical (unpaired) electrons. The quantitative estimate of drug-likeness (QED) is 0.246. The Kier molecular flexibility index (Phi) is 6.28. The minimum atomic E-state index is -1.64. The molecule has 13 nitrogen and oxygen atoms in total. The minimum Gasteiger partial charge on any atom is -0.394 e. The number of aliphatic hydroxyl groups excluding tert-OH is 6. The zero-order valence-corrected chi connectivity index (χ0v) is 14.4. The number of aliphatic hydroxyl groups is 6. The van der Waals surface area contributed by atoms with Crippen molar-refractivity contribution in [2.75, 3.05) is 13.2 Å². The van der Waals surface area contributed by atoms with Gasteiger partial charge in [-0.1, -0.05) is 0 Å². The molecule has 13 heteroatoms. The molecular formula is C15H22N2O11. The average molecular weight is 406 g/mol. The Hall–Kier alpha value is -1.68. The van der Waals surface area contributed by atoms with Crippen molar-refractivity contribution in [1.82, 2.24) is 9.55 Å². The summed E-state index contributed by atoms with van der Waals surface area (Å²) in [5.74, 6) is 0. The van der Waals surface area contributed by atoms with Crippen molar-refractivity contribution in [2.45, 2.75) is 55.2 Å². The SMILES string of the molecule is O=c1ccn([C@@H]2O[C@H](CO[C@@H]3OC(CO)C(O)C(O)C3O)[C@@H](O)[C@H]2O)c(=O)[nH]1. The topological polar surface area (TPSA) is 204 Å². The van der Waals surface area contributed by atoms with E-state index in [4.69, 9.17) is 19.3 Å². The van der Waals surface area contributed by atoms with Crippen LogP contribution in [0.3, 0.4) is 0 Å². The van der Waals surface area contributed by atoms with E-state index >= 15 is 0 Å². The molecule has 0 aromatic carbocycles. The summed E-state index contributed by atoms with van der Waals surface area (Å²) < 4.78 is 16.8. The van der Waals surface area contributed by atoms with Crippen molar-refractivity contribution in [2.24, 2.45) is 0 Å². The van der Waals surface area contributed by atoms with Crippen LogP contribution in [0.25, 0.3) is 0 Å². The fourth-order valence-corrected chi connectivity index (χ4v) is 3.12. The molecule has 0 amide bonds. The molecule has 2 aliphatic rings. The lowest BCUT2D eigenvalue weighted by Gasteiger charge is -2.39. The number of nitrogens with one attached hydrogen (secondary N) is 1. The highest BCUT2D eigenvalue weighted by atomic mass is 16.7. The molecule has 3 heterocycles. The molecule has 2 fully saturated rings. The number of hydrogen-bond donors (Lipinski definition) is 7. The Morgan fingerprint density at radius 1 is 0.964 bits per heavy atom. The van der Waals surface area contributed by atoms with Gasteiger partial charge in [0.25, 0.3) is 5.56 Å². The van der Waals surface area contributed by atoms with Crippen LogP contribution >= 0.6 is 0 Å². The first-order valence-corrected chi connectivity index (χ1v) is 8.49. The molecule has 1 aromatic heterocycles. The largest absolute Gasteiger partial charge is 0.394 e. The summed E-state index contributed by atoms with van der Waals surface area (Å²) in [5, 5.41) is 58.9. The van der Waals surface area contributed by atoms with Crippen LogP contribution in [0.4, 0.5) is 0 Å². The van der Waals surface area contributed by atoms with Gasteiger partial charge in [-0.05, 0) is 0 Å². The van der Waals surface area contributed by atoms with Crippen LogP contribution in [0, 0.1) is 0 Å². The van der Waals surface area contributed by atoms with Crippen LogP contribution in [-0.4, -0.2) is 102 Å². The van der Waals surface area contributed by atoms with Gasteiger partial charge in [-0.3, -0.25) is 14.3 Å². The molecule has 2 saturated heterocycles. The summed E-state index contributed by atoms with van der Waals surface area (Å²) in [6.07, 6.45) is -11.8. The normalized spacial score (nSPS) is 41.3. The summed E-state index contributed by atoms with van der Waals surface area (Å²) in [6.45, 7) is -1.06. The molecule has 0 spiro atoms. The van der Waals surface area contributed by atoms with E-state index < -0.39 is 79.7 Å². The van der Waals surface area contributed by atoms with Gasteiger partial charge >= 0.3 is 5.69 Å². The monoisotopic (exact) mass is 406 g/mol. The van der Waals surface area contributed by atoms with E-state index in [1.54, 1.807) is 0 Å². The number of nitrogens with zero attached hydrogens (tertiary/aromatic N) is 1. The number of ether oxygens (including phenoxy) is 3. The number of aromatic amines is 1. The zero-order chi connectivity index (χ0) is 20.6. The van der Waals surface area contributed by atoms with Crippen LogP contribution in [-0.2, 0) is 14.2 Å². The van der Waals surface area contributed by atoms with Crippen molar-refractivity contribution in [3.05, 3.63) is 33.1 Å². The Balaban J connectivity index is 1.66. The first-order chi connectivity index (χ1) is 13.2.